The zero-order valence-corrected chi connectivity index (χ0v) is 16.3. The lowest BCUT2D eigenvalue weighted by Gasteiger charge is -2.13. The Morgan fingerprint density at radius 3 is 2.59 bits per heavy atom. The van der Waals surface area contributed by atoms with Gasteiger partial charge >= 0.3 is 6.08 Å². The monoisotopic (exact) mass is 404 g/mol. The maximum absolute atomic E-state index is 13.8. The van der Waals surface area contributed by atoms with E-state index in [1.54, 1.807) is 25.3 Å². The minimum absolute atomic E-state index is 0.195. The van der Waals surface area contributed by atoms with Crippen molar-refractivity contribution >= 4 is 5.91 Å². The molecule has 0 bridgehead atoms. The van der Waals surface area contributed by atoms with Gasteiger partial charge in [0.2, 0.25) is 0 Å². The third-order valence-corrected chi connectivity index (χ3v) is 3.71. The summed E-state index contributed by atoms with van der Waals surface area (Å²) < 4.78 is 25.0. The van der Waals surface area contributed by atoms with Crippen LogP contribution in [0.4, 0.5) is 8.78 Å². The van der Waals surface area contributed by atoms with Crippen LogP contribution in [0.5, 0.6) is 0 Å². The average Bonchev–Trinajstić information content (AvgIpc) is 3.14. The zero-order chi connectivity index (χ0) is 21.4. The summed E-state index contributed by atoms with van der Waals surface area (Å²) in [5.74, 6) is -0.407. The normalized spacial score (nSPS) is 11.4. The van der Waals surface area contributed by atoms with Gasteiger partial charge in [0.25, 0.3) is 5.91 Å². The second-order valence-corrected chi connectivity index (χ2v) is 6.17. The molecule has 8 nitrogen and oxygen atoms in total. The zero-order valence-electron chi connectivity index (χ0n) is 16.3. The highest BCUT2D eigenvalue weighted by Crippen LogP contribution is 2.23. The molecule has 1 atom stereocenters. The highest BCUT2D eigenvalue weighted by molar-refractivity contribution is 5.96. The van der Waals surface area contributed by atoms with Gasteiger partial charge in [-0.15, -0.1) is 0 Å². The molecule has 10 heteroatoms. The fraction of sp³-hybridized carbons (Fsp3) is 0.316. The number of alkyl halides is 1. The van der Waals surface area contributed by atoms with Crippen molar-refractivity contribution in [2.45, 2.75) is 26.8 Å². The number of halogens is 2. The number of tetrazole rings is 1. The smallest absolute Gasteiger partial charge is 0.331 e. The van der Waals surface area contributed by atoms with E-state index >= 15 is 0 Å². The number of aliphatic hydroxyl groups is 1. The first-order valence-electron chi connectivity index (χ1n) is 8.89. The molecular weight excluding hydrogens is 382 g/mol. The van der Waals surface area contributed by atoms with Gasteiger partial charge in [-0.2, -0.15) is 9.07 Å². The van der Waals surface area contributed by atoms with Gasteiger partial charge in [-0.3, -0.25) is 14.2 Å². The Hall–Kier alpha value is -3.27. The van der Waals surface area contributed by atoms with E-state index in [0.717, 1.165) is 10.2 Å². The van der Waals surface area contributed by atoms with Crippen molar-refractivity contribution in [2.24, 2.45) is 0 Å². The maximum atomic E-state index is 13.8. The van der Waals surface area contributed by atoms with Gasteiger partial charge < -0.3 is 10.4 Å². The summed E-state index contributed by atoms with van der Waals surface area (Å²) in [6.45, 7) is 4.60. The Balaban J connectivity index is 0.000000941. The molecule has 0 aliphatic heterocycles. The second-order valence-electron chi connectivity index (χ2n) is 6.17. The molecule has 0 unspecified atom stereocenters. The summed E-state index contributed by atoms with van der Waals surface area (Å²) in [6.07, 6.45) is 0.807. The quantitative estimate of drug-likeness (QED) is 0.676. The van der Waals surface area contributed by atoms with E-state index in [9.17, 15) is 13.6 Å². The third-order valence-electron chi connectivity index (χ3n) is 3.71. The molecule has 1 aromatic carbocycles. The van der Waals surface area contributed by atoms with Crippen LogP contribution < -0.4 is 5.32 Å². The molecule has 0 spiro atoms. The lowest BCUT2D eigenvalue weighted by atomic mass is 10.0. The lowest BCUT2D eigenvalue weighted by molar-refractivity contribution is 0.0922. The molecule has 3 rings (SSSR count). The first-order chi connectivity index (χ1) is 13.9. The van der Waals surface area contributed by atoms with Crippen molar-refractivity contribution in [3.8, 4) is 16.9 Å². The second kappa shape index (κ2) is 10.3. The van der Waals surface area contributed by atoms with Crippen LogP contribution in [-0.4, -0.2) is 55.5 Å². The Bertz CT molecular complexity index is 946. The largest absolute Gasteiger partial charge is 0.394 e. The first kappa shape index (κ1) is 22.0. The first-order valence-corrected chi connectivity index (χ1v) is 8.89. The van der Waals surface area contributed by atoms with E-state index in [-0.39, 0.29) is 24.5 Å². The average molecular weight is 404 g/mol. The topological polar surface area (TPSA) is 106 Å². The van der Waals surface area contributed by atoms with Gasteiger partial charge in [0.15, 0.2) is 0 Å². The Morgan fingerprint density at radius 2 is 2.03 bits per heavy atom. The van der Waals surface area contributed by atoms with E-state index in [1.807, 2.05) is 19.1 Å². The summed E-state index contributed by atoms with van der Waals surface area (Å²) >= 11 is 0. The number of aromatic nitrogens is 5. The van der Waals surface area contributed by atoms with Crippen LogP contribution >= 0.6 is 0 Å². The van der Waals surface area contributed by atoms with Crippen LogP contribution in [0.3, 0.4) is 0 Å². The van der Waals surface area contributed by atoms with Crippen LogP contribution in [-0.2, 0) is 0 Å². The molecule has 2 N–H and O–H groups in total. The fourth-order valence-electron chi connectivity index (χ4n) is 2.34. The number of hydrogen-bond donors (Lipinski definition) is 2. The van der Waals surface area contributed by atoms with Crippen molar-refractivity contribution < 1.29 is 18.7 Å². The molecule has 29 heavy (non-hydrogen) atoms. The predicted octanol–water partition coefficient (Wildman–Crippen LogP) is 2.26. The SMILES string of the molecule is CCF.Cc1ccc(-c2cc(C(=O)N[C@@H](C)CO)cc(-n3nnnc3F)c2)nc1. The maximum Gasteiger partial charge on any atom is 0.331 e. The molecule has 0 aliphatic carbocycles. The fourth-order valence-corrected chi connectivity index (χ4v) is 2.34. The molecule has 0 aliphatic rings. The minimum Gasteiger partial charge on any atom is -0.394 e. The van der Waals surface area contributed by atoms with Gasteiger partial charge in [0.1, 0.15) is 0 Å². The van der Waals surface area contributed by atoms with Crippen molar-refractivity contribution in [1.29, 1.82) is 0 Å². The lowest BCUT2D eigenvalue weighted by Crippen LogP contribution is -2.35. The number of carbonyl (C=O) groups is 1. The molecule has 0 radical (unpaired) electrons. The van der Waals surface area contributed by atoms with E-state index in [1.165, 1.54) is 13.0 Å². The Kier molecular flexibility index (Phi) is 7.84. The molecule has 0 saturated heterocycles. The summed E-state index contributed by atoms with van der Waals surface area (Å²) in [6, 6.07) is 8.03. The van der Waals surface area contributed by atoms with Crippen LogP contribution in [0.25, 0.3) is 16.9 Å². The molecular formula is C19H22F2N6O2. The van der Waals surface area contributed by atoms with Gasteiger partial charge in [0, 0.05) is 23.4 Å². The van der Waals surface area contributed by atoms with Crippen molar-refractivity contribution in [2.75, 3.05) is 13.3 Å². The summed E-state index contributed by atoms with van der Waals surface area (Å²) in [5.41, 5.74) is 2.78. The van der Waals surface area contributed by atoms with Gasteiger partial charge in [-0.1, -0.05) is 11.2 Å². The van der Waals surface area contributed by atoms with Crippen LogP contribution in [0.15, 0.2) is 36.5 Å². The highest BCUT2D eigenvalue weighted by atomic mass is 19.1. The van der Waals surface area contributed by atoms with Gasteiger partial charge in [-0.05, 0) is 61.0 Å². The number of pyridine rings is 1. The molecule has 0 saturated carbocycles. The number of rotatable bonds is 5. The number of nitrogens with one attached hydrogen (secondary N) is 1. The van der Waals surface area contributed by atoms with E-state index in [4.69, 9.17) is 5.11 Å². The number of nitrogens with zero attached hydrogens (tertiary/aromatic N) is 5. The van der Waals surface area contributed by atoms with E-state index < -0.39 is 18.0 Å². The molecule has 2 aromatic heterocycles. The third kappa shape index (κ3) is 5.85. The number of carbonyl (C=O) groups excluding carboxylic acids is 1. The minimum atomic E-state index is -0.894. The number of hydrogen-bond acceptors (Lipinski definition) is 6. The Labute approximate surface area is 166 Å². The van der Waals surface area contributed by atoms with Crippen molar-refractivity contribution in [3.63, 3.8) is 0 Å². The number of benzene rings is 1. The van der Waals surface area contributed by atoms with Crippen LogP contribution in [0.2, 0.25) is 0 Å². The molecule has 2 heterocycles. The van der Waals surface area contributed by atoms with Gasteiger partial charge in [-0.25, -0.2) is 0 Å². The predicted molar refractivity (Wildman–Crippen MR) is 103 cm³/mol. The molecule has 3 aromatic rings. The van der Waals surface area contributed by atoms with Crippen LogP contribution in [0.1, 0.15) is 29.8 Å². The van der Waals surface area contributed by atoms with Crippen LogP contribution in [0, 0.1) is 13.0 Å². The molecule has 154 valence electrons. The standard InChI is InChI=1S/C17H17FN6O2.C2H5F/c1-10-3-4-15(19-8-10)12-5-13(16(26)20-11(2)9-25)7-14(6-12)24-17(18)21-22-23-24;1-2-3/h3-8,11,25H,9H2,1-2H3,(H,20,26);2H2,1H3/t11-;/m0./s1. The summed E-state index contributed by atoms with van der Waals surface area (Å²) in [7, 11) is 0. The number of amides is 1. The van der Waals surface area contributed by atoms with Crippen molar-refractivity contribution in [1.82, 2.24) is 30.5 Å². The highest BCUT2D eigenvalue weighted by Gasteiger charge is 2.16. The molecule has 0 fully saturated rings. The summed E-state index contributed by atoms with van der Waals surface area (Å²) in [5, 5.41) is 21.9. The summed E-state index contributed by atoms with van der Waals surface area (Å²) in [4.78, 5) is 16.8. The van der Waals surface area contributed by atoms with Crippen molar-refractivity contribution in [3.05, 3.63) is 53.7 Å². The molecule has 1 amide bonds. The van der Waals surface area contributed by atoms with Gasteiger partial charge in [0.05, 0.1) is 24.7 Å². The van der Waals surface area contributed by atoms with E-state index in [0.29, 0.717) is 11.3 Å². The Morgan fingerprint density at radius 1 is 1.31 bits per heavy atom. The number of aryl methyl sites for hydroxylation is 1. The number of aliphatic hydroxyl groups excluding tert-OH is 1. The van der Waals surface area contributed by atoms with E-state index in [2.05, 4.69) is 25.8 Å².